The molecule has 2 amide bonds. The lowest BCUT2D eigenvalue weighted by Gasteiger charge is -2.25. The van der Waals surface area contributed by atoms with Gasteiger partial charge in [-0.15, -0.1) is 11.3 Å². The third-order valence-corrected chi connectivity index (χ3v) is 6.13. The topological polar surface area (TPSA) is 94.5 Å². The van der Waals surface area contributed by atoms with E-state index in [2.05, 4.69) is 10.9 Å². The van der Waals surface area contributed by atoms with Gasteiger partial charge in [0.15, 0.2) is 11.5 Å². The number of hydrogen-bond donors (Lipinski definition) is 2. The maximum Gasteiger partial charge on any atom is 0.283 e. The van der Waals surface area contributed by atoms with Crippen LogP contribution in [0, 0.1) is 0 Å². The van der Waals surface area contributed by atoms with Crippen molar-refractivity contribution in [1.82, 2.24) is 20.6 Å². The van der Waals surface area contributed by atoms with Crippen LogP contribution in [0.25, 0.3) is 16.6 Å². The Balaban J connectivity index is 1.22. The maximum absolute atomic E-state index is 12.4. The van der Waals surface area contributed by atoms with Crippen LogP contribution in [0.1, 0.15) is 11.1 Å². The summed E-state index contributed by atoms with van der Waals surface area (Å²) in [4.78, 5) is 25.8. The molecule has 0 bridgehead atoms. The van der Waals surface area contributed by atoms with E-state index in [9.17, 15) is 9.59 Å². The van der Waals surface area contributed by atoms with Crippen molar-refractivity contribution in [3.05, 3.63) is 95.5 Å². The van der Waals surface area contributed by atoms with E-state index in [-0.39, 0.29) is 6.61 Å². The van der Waals surface area contributed by atoms with Gasteiger partial charge in [0.2, 0.25) is 6.10 Å². The molecule has 0 fully saturated rings. The summed E-state index contributed by atoms with van der Waals surface area (Å²) in [5, 5.41) is 6.71. The molecule has 0 aliphatic carbocycles. The Labute approximate surface area is 205 Å². The van der Waals surface area contributed by atoms with Gasteiger partial charge in [-0.1, -0.05) is 48.5 Å². The maximum atomic E-state index is 12.4. The SMILES string of the molecule is O=C(/C=C/c1cn(Cc2ccccc2)nc1-c1cccs1)NNC(=O)C1COc2ccccc2O1. The minimum absolute atomic E-state index is 0.0549. The number of hydrazine groups is 1. The third-order valence-electron chi connectivity index (χ3n) is 5.26. The first kappa shape index (κ1) is 22.4. The van der Waals surface area contributed by atoms with Crippen molar-refractivity contribution in [3.63, 3.8) is 0 Å². The number of benzene rings is 2. The highest BCUT2D eigenvalue weighted by Gasteiger charge is 2.27. The van der Waals surface area contributed by atoms with Gasteiger partial charge in [0, 0.05) is 17.8 Å². The Morgan fingerprint density at radius 2 is 1.83 bits per heavy atom. The van der Waals surface area contributed by atoms with Crippen LogP contribution < -0.4 is 20.3 Å². The molecule has 2 aromatic heterocycles. The van der Waals surface area contributed by atoms with Gasteiger partial charge in [-0.3, -0.25) is 25.1 Å². The molecule has 1 aliphatic heterocycles. The summed E-state index contributed by atoms with van der Waals surface area (Å²) in [6, 6.07) is 21.1. The summed E-state index contributed by atoms with van der Waals surface area (Å²) in [6.07, 6.45) is 4.07. The number of ether oxygens (including phenoxy) is 2. The first-order chi connectivity index (χ1) is 17.2. The van der Waals surface area contributed by atoms with Crippen molar-refractivity contribution >= 4 is 29.2 Å². The highest BCUT2D eigenvalue weighted by atomic mass is 32.1. The molecule has 2 N–H and O–H groups in total. The van der Waals surface area contributed by atoms with Crippen LogP contribution >= 0.6 is 11.3 Å². The average molecular weight is 487 g/mol. The number of rotatable bonds is 6. The van der Waals surface area contributed by atoms with Gasteiger partial charge in [-0.25, -0.2) is 0 Å². The fourth-order valence-electron chi connectivity index (χ4n) is 3.57. The predicted octanol–water partition coefficient (Wildman–Crippen LogP) is 3.66. The van der Waals surface area contributed by atoms with E-state index in [1.807, 2.05) is 64.8 Å². The van der Waals surface area contributed by atoms with Crippen molar-refractivity contribution in [1.29, 1.82) is 0 Å². The van der Waals surface area contributed by atoms with Crippen molar-refractivity contribution in [2.45, 2.75) is 12.6 Å². The van der Waals surface area contributed by atoms with Crippen LogP contribution in [0.4, 0.5) is 0 Å². The molecule has 0 radical (unpaired) electrons. The Hall–Kier alpha value is -4.37. The normalized spacial score (nSPS) is 14.6. The van der Waals surface area contributed by atoms with Gasteiger partial charge in [-0.05, 0) is 35.2 Å². The molecule has 176 valence electrons. The number of nitrogens with zero attached hydrogens (tertiary/aromatic N) is 2. The molecule has 0 saturated heterocycles. The van der Waals surface area contributed by atoms with Crippen LogP contribution in [0.2, 0.25) is 0 Å². The highest BCUT2D eigenvalue weighted by molar-refractivity contribution is 7.13. The molecule has 8 nitrogen and oxygen atoms in total. The van der Waals surface area contributed by atoms with Crippen molar-refractivity contribution in [2.24, 2.45) is 0 Å². The molecule has 4 aromatic rings. The number of para-hydroxylation sites is 2. The number of thiophene rings is 1. The summed E-state index contributed by atoms with van der Waals surface area (Å²) >= 11 is 1.58. The third kappa shape index (κ3) is 5.42. The average Bonchev–Trinajstić information content (AvgIpc) is 3.56. The predicted molar refractivity (Wildman–Crippen MR) is 133 cm³/mol. The van der Waals surface area contributed by atoms with E-state index in [1.54, 1.807) is 35.6 Å². The van der Waals surface area contributed by atoms with Crippen LogP contribution in [0.5, 0.6) is 11.5 Å². The summed E-state index contributed by atoms with van der Waals surface area (Å²) in [7, 11) is 0. The molecule has 0 spiro atoms. The number of aromatic nitrogens is 2. The molecule has 5 rings (SSSR count). The number of carbonyl (C=O) groups excluding carboxylic acids is 2. The molecule has 3 heterocycles. The summed E-state index contributed by atoms with van der Waals surface area (Å²) in [5.74, 6) is 0.0799. The quantitative estimate of drug-likeness (QED) is 0.320. The van der Waals surface area contributed by atoms with Crippen LogP contribution in [0.15, 0.2) is 84.4 Å². The van der Waals surface area contributed by atoms with Crippen LogP contribution in [-0.4, -0.2) is 34.3 Å². The largest absolute Gasteiger partial charge is 0.485 e. The molecule has 1 aliphatic rings. The number of carbonyl (C=O) groups is 2. The molecular formula is C26H22N4O4S. The fraction of sp³-hybridized carbons (Fsp3) is 0.115. The fourth-order valence-corrected chi connectivity index (χ4v) is 4.31. The van der Waals surface area contributed by atoms with Crippen molar-refractivity contribution in [3.8, 4) is 22.1 Å². The molecule has 0 saturated carbocycles. The van der Waals surface area contributed by atoms with Gasteiger partial charge < -0.3 is 9.47 Å². The summed E-state index contributed by atoms with van der Waals surface area (Å²) < 4.78 is 13.0. The number of hydrogen-bond acceptors (Lipinski definition) is 6. The standard InChI is InChI=1S/C26H22N4O4S/c31-24(27-28-26(32)22-17-33-20-9-4-5-10-21(20)34-22)13-12-19-16-30(15-18-7-2-1-3-8-18)29-25(19)23-11-6-14-35-23/h1-14,16,22H,15,17H2,(H,27,31)(H,28,32)/b13-12+. The van der Waals surface area contributed by atoms with E-state index in [0.29, 0.717) is 18.0 Å². The molecule has 35 heavy (non-hydrogen) atoms. The van der Waals surface area contributed by atoms with E-state index in [1.165, 1.54) is 6.08 Å². The second kappa shape index (κ2) is 10.3. The monoisotopic (exact) mass is 486 g/mol. The minimum Gasteiger partial charge on any atom is -0.485 e. The number of amides is 2. The van der Waals surface area contributed by atoms with E-state index >= 15 is 0 Å². The van der Waals surface area contributed by atoms with Gasteiger partial charge in [0.05, 0.1) is 11.4 Å². The number of fused-ring (bicyclic) bond motifs is 1. The van der Waals surface area contributed by atoms with E-state index in [0.717, 1.165) is 21.7 Å². The van der Waals surface area contributed by atoms with Crippen molar-refractivity contribution < 1.29 is 19.1 Å². The second-order valence-electron chi connectivity index (χ2n) is 7.77. The number of nitrogens with one attached hydrogen (secondary N) is 2. The lowest BCUT2D eigenvalue weighted by atomic mass is 10.2. The van der Waals surface area contributed by atoms with Gasteiger partial charge >= 0.3 is 0 Å². The smallest absolute Gasteiger partial charge is 0.283 e. The summed E-state index contributed by atoms with van der Waals surface area (Å²) in [5.41, 5.74) is 7.48. The Morgan fingerprint density at radius 3 is 2.63 bits per heavy atom. The zero-order chi connectivity index (χ0) is 24.0. The molecule has 2 aromatic carbocycles. The highest BCUT2D eigenvalue weighted by Crippen LogP contribution is 2.31. The van der Waals surface area contributed by atoms with Gasteiger partial charge in [-0.2, -0.15) is 5.10 Å². The van der Waals surface area contributed by atoms with E-state index in [4.69, 9.17) is 14.6 Å². The van der Waals surface area contributed by atoms with Crippen LogP contribution in [0.3, 0.4) is 0 Å². The molecule has 9 heteroatoms. The second-order valence-corrected chi connectivity index (χ2v) is 8.72. The Bertz CT molecular complexity index is 1350. The van der Waals surface area contributed by atoms with Crippen molar-refractivity contribution in [2.75, 3.05) is 6.61 Å². The summed E-state index contributed by atoms with van der Waals surface area (Å²) in [6.45, 7) is 0.668. The van der Waals surface area contributed by atoms with Gasteiger partial charge in [0.25, 0.3) is 11.8 Å². The van der Waals surface area contributed by atoms with E-state index < -0.39 is 17.9 Å². The van der Waals surface area contributed by atoms with Crippen LogP contribution in [-0.2, 0) is 16.1 Å². The molecule has 1 unspecified atom stereocenters. The zero-order valence-corrected chi connectivity index (χ0v) is 19.4. The minimum atomic E-state index is -0.865. The zero-order valence-electron chi connectivity index (χ0n) is 18.6. The lowest BCUT2D eigenvalue weighted by molar-refractivity contribution is -0.134. The molecular weight excluding hydrogens is 464 g/mol. The first-order valence-electron chi connectivity index (χ1n) is 11.0. The first-order valence-corrected chi connectivity index (χ1v) is 11.9. The Morgan fingerprint density at radius 1 is 1.03 bits per heavy atom. The Kier molecular flexibility index (Phi) is 6.58. The van der Waals surface area contributed by atoms with Gasteiger partial charge in [0.1, 0.15) is 12.3 Å². The molecule has 1 atom stereocenters. The lowest BCUT2D eigenvalue weighted by Crippen LogP contribution is -2.50.